The van der Waals surface area contributed by atoms with Gasteiger partial charge in [-0.2, -0.15) is 0 Å². The second-order valence-corrected chi connectivity index (χ2v) is 6.32. The molecule has 0 spiro atoms. The Labute approximate surface area is 105 Å². The number of ether oxygens (including phenoxy) is 1. The van der Waals surface area contributed by atoms with Crippen molar-refractivity contribution in [3.05, 3.63) is 0 Å². The summed E-state index contributed by atoms with van der Waals surface area (Å²) in [4.78, 5) is 13.7. The smallest absolute Gasteiger partial charge is 0.410 e. The molecule has 1 rings (SSSR count). The lowest BCUT2D eigenvalue weighted by Gasteiger charge is -2.27. The summed E-state index contributed by atoms with van der Waals surface area (Å²) in [6, 6.07) is 0. The van der Waals surface area contributed by atoms with E-state index in [1.165, 1.54) is 0 Å². The first-order valence-electron chi connectivity index (χ1n) is 6.38. The number of nitrogens with one attached hydrogen (secondary N) is 1. The van der Waals surface area contributed by atoms with Gasteiger partial charge in [-0.3, -0.25) is 0 Å². The van der Waals surface area contributed by atoms with Crippen molar-refractivity contribution in [2.24, 2.45) is 5.41 Å². The molecule has 0 aromatic carbocycles. The standard InChI is InChI=1S/C13H26N2O2/c1-12(2,3)17-11(16)15-9-7-13(4,10-15)6-8-14-5/h14H,6-10H2,1-5H3. The lowest BCUT2D eigenvalue weighted by atomic mass is 9.86. The van der Waals surface area contributed by atoms with Crippen molar-refractivity contribution in [1.82, 2.24) is 10.2 Å². The third-order valence-corrected chi connectivity index (χ3v) is 3.19. The van der Waals surface area contributed by atoms with E-state index < -0.39 is 5.60 Å². The molecule has 1 unspecified atom stereocenters. The quantitative estimate of drug-likeness (QED) is 0.825. The van der Waals surface area contributed by atoms with Crippen LogP contribution in [0.3, 0.4) is 0 Å². The molecule has 0 aliphatic carbocycles. The number of hydrogen-bond donors (Lipinski definition) is 1. The maximum Gasteiger partial charge on any atom is 0.410 e. The second kappa shape index (κ2) is 5.25. The van der Waals surface area contributed by atoms with E-state index in [2.05, 4.69) is 12.2 Å². The summed E-state index contributed by atoms with van der Waals surface area (Å²) in [5.41, 5.74) is -0.166. The highest BCUT2D eigenvalue weighted by Crippen LogP contribution is 2.33. The Bertz CT molecular complexity index is 273. The van der Waals surface area contributed by atoms with Crippen molar-refractivity contribution in [1.29, 1.82) is 0 Å². The van der Waals surface area contributed by atoms with Gasteiger partial charge in [0, 0.05) is 13.1 Å². The Kier molecular flexibility index (Phi) is 4.42. The molecule has 0 aromatic rings. The summed E-state index contributed by atoms with van der Waals surface area (Å²) in [6.07, 6.45) is 1.99. The minimum Gasteiger partial charge on any atom is -0.444 e. The van der Waals surface area contributed by atoms with Gasteiger partial charge in [0.1, 0.15) is 5.60 Å². The minimum absolute atomic E-state index is 0.175. The zero-order valence-electron chi connectivity index (χ0n) is 11.8. The molecule has 0 saturated carbocycles. The minimum atomic E-state index is -0.402. The molecular formula is C13H26N2O2. The predicted octanol–water partition coefficient (Wildman–Crippen LogP) is 2.24. The topological polar surface area (TPSA) is 41.6 Å². The lowest BCUT2D eigenvalue weighted by molar-refractivity contribution is 0.0274. The fourth-order valence-electron chi connectivity index (χ4n) is 2.14. The fraction of sp³-hybridized carbons (Fsp3) is 0.923. The van der Waals surface area contributed by atoms with Gasteiger partial charge < -0.3 is 15.0 Å². The molecule has 1 amide bonds. The van der Waals surface area contributed by atoms with Crippen LogP contribution in [-0.2, 0) is 4.74 Å². The number of rotatable bonds is 3. The largest absolute Gasteiger partial charge is 0.444 e. The summed E-state index contributed by atoms with van der Waals surface area (Å²) in [7, 11) is 1.96. The number of hydrogen-bond acceptors (Lipinski definition) is 3. The van der Waals surface area contributed by atoms with Gasteiger partial charge in [0.25, 0.3) is 0 Å². The molecule has 100 valence electrons. The van der Waals surface area contributed by atoms with E-state index in [-0.39, 0.29) is 11.5 Å². The molecular weight excluding hydrogens is 216 g/mol. The molecule has 0 aromatic heterocycles. The van der Waals surface area contributed by atoms with Crippen LogP contribution in [0.4, 0.5) is 4.79 Å². The van der Waals surface area contributed by atoms with E-state index in [4.69, 9.17) is 4.74 Å². The van der Waals surface area contributed by atoms with E-state index in [1.54, 1.807) is 0 Å². The number of carbonyl (C=O) groups is 1. The molecule has 1 heterocycles. The van der Waals surface area contributed by atoms with Crippen molar-refractivity contribution < 1.29 is 9.53 Å². The number of carbonyl (C=O) groups excluding carboxylic acids is 1. The highest BCUT2D eigenvalue weighted by Gasteiger charge is 2.37. The summed E-state index contributed by atoms with van der Waals surface area (Å²) in [5, 5.41) is 3.17. The van der Waals surface area contributed by atoms with Gasteiger partial charge in [0.2, 0.25) is 0 Å². The first-order valence-corrected chi connectivity index (χ1v) is 6.38. The Morgan fingerprint density at radius 2 is 2.12 bits per heavy atom. The summed E-state index contributed by atoms with van der Waals surface area (Å²) < 4.78 is 5.39. The molecule has 1 aliphatic heterocycles. The highest BCUT2D eigenvalue weighted by atomic mass is 16.6. The monoisotopic (exact) mass is 242 g/mol. The molecule has 1 atom stereocenters. The van der Waals surface area contributed by atoms with Crippen LogP contribution in [0.1, 0.15) is 40.5 Å². The average molecular weight is 242 g/mol. The van der Waals surface area contributed by atoms with Crippen LogP contribution in [0, 0.1) is 5.41 Å². The van der Waals surface area contributed by atoms with Gasteiger partial charge in [-0.25, -0.2) is 4.79 Å². The fourth-order valence-corrected chi connectivity index (χ4v) is 2.14. The third kappa shape index (κ3) is 4.54. The van der Waals surface area contributed by atoms with Crippen molar-refractivity contribution >= 4 is 6.09 Å². The molecule has 17 heavy (non-hydrogen) atoms. The maximum atomic E-state index is 11.9. The van der Waals surface area contributed by atoms with Crippen molar-refractivity contribution in [2.75, 3.05) is 26.7 Å². The SMILES string of the molecule is CNCCC1(C)CCN(C(=O)OC(C)(C)C)C1. The van der Waals surface area contributed by atoms with Crippen LogP contribution < -0.4 is 5.32 Å². The van der Waals surface area contributed by atoms with E-state index in [9.17, 15) is 4.79 Å². The van der Waals surface area contributed by atoms with Gasteiger partial charge in [-0.1, -0.05) is 6.92 Å². The Morgan fingerprint density at radius 1 is 1.47 bits per heavy atom. The average Bonchev–Trinajstić information content (AvgIpc) is 2.56. The van der Waals surface area contributed by atoms with Crippen LogP contribution in [0.5, 0.6) is 0 Å². The predicted molar refractivity (Wildman–Crippen MR) is 69.1 cm³/mol. The van der Waals surface area contributed by atoms with E-state index in [1.807, 2.05) is 32.7 Å². The molecule has 1 N–H and O–H groups in total. The summed E-state index contributed by atoms with van der Waals surface area (Å²) in [6.45, 7) is 10.6. The normalized spacial score (nSPS) is 25.1. The van der Waals surface area contributed by atoms with Crippen molar-refractivity contribution in [3.63, 3.8) is 0 Å². The van der Waals surface area contributed by atoms with E-state index >= 15 is 0 Å². The zero-order valence-corrected chi connectivity index (χ0v) is 11.8. The van der Waals surface area contributed by atoms with Crippen LogP contribution >= 0.6 is 0 Å². The molecule has 4 heteroatoms. The van der Waals surface area contributed by atoms with Gasteiger partial charge in [-0.05, 0) is 52.6 Å². The molecule has 4 nitrogen and oxygen atoms in total. The first-order chi connectivity index (χ1) is 7.76. The van der Waals surface area contributed by atoms with Crippen molar-refractivity contribution in [3.8, 4) is 0 Å². The van der Waals surface area contributed by atoms with Crippen LogP contribution in [0.2, 0.25) is 0 Å². The molecule has 0 radical (unpaired) electrons. The van der Waals surface area contributed by atoms with Crippen LogP contribution in [0.25, 0.3) is 0 Å². The zero-order chi connectivity index (χ0) is 13.1. The van der Waals surface area contributed by atoms with Gasteiger partial charge in [0.15, 0.2) is 0 Å². The Balaban J connectivity index is 2.47. The van der Waals surface area contributed by atoms with Gasteiger partial charge >= 0.3 is 6.09 Å². The van der Waals surface area contributed by atoms with Crippen LogP contribution in [0.15, 0.2) is 0 Å². The summed E-state index contributed by atoms with van der Waals surface area (Å²) in [5.74, 6) is 0. The second-order valence-electron chi connectivity index (χ2n) is 6.32. The van der Waals surface area contributed by atoms with Gasteiger partial charge in [0.05, 0.1) is 0 Å². The van der Waals surface area contributed by atoms with E-state index in [0.29, 0.717) is 0 Å². The first kappa shape index (κ1) is 14.3. The van der Waals surface area contributed by atoms with Crippen LogP contribution in [-0.4, -0.2) is 43.3 Å². The molecule has 1 fully saturated rings. The van der Waals surface area contributed by atoms with E-state index in [0.717, 1.165) is 32.5 Å². The Hall–Kier alpha value is -0.770. The number of likely N-dealkylation sites (tertiary alicyclic amines) is 1. The number of nitrogens with zero attached hydrogens (tertiary/aromatic N) is 1. The van der Waals surface area contributed by atoms with Crippen molar-refractivity contribution in [2.45, 2.75) is 46.1 Å². The van der Waals surface area contributed by atoms with Gasteiger partial charge in [-0.15, -0.1) is 0 Å². The Morgan fingerprint density at radius 3 is 2.65 bits per heavy atom. The molecule has 0 bridgehead atoms. The third-order valence-electron chi connectivity index (χ3n) is 3.19. The molecule has 1 aliphatic rings. The summed E-state index contributed by atoms with van der Waals surface area (Å²) >= 11 is 0. The molecule has 1 saturated heterocycles. The number of amides is 1. The highest BCUT2D eigenvalue weighted by molar-refractivity contribution is 5.68. The lowest BCUT2D eigenvalue weighted by Crippen LogP contribution is -2.36. The maximum absolute atomic E-state index is 11.9.